The Balaban J connectivity index is 1.53. The highest BCUT2D eigenvalue weighted by molar-refractivity contribution is 5.73. The van der Waals surface area contributed by atoms with Gasteiger partial charge in [-0.15, -0.1) is 0 Å². The van der Waals surface area contributed by atoms with Gasteiger partial charge in [0.25, 0.3) is 0 Å². The highest BCUT2D eigenvalue weighted by Crippen LogP contribution is 2.14. The van der Waals surface area contributed by atoms with Crippen molar-refractivity contribution in [2.75, 3.05) is 19.7 Å². The van der Waals surface area contributed by atoms with Gasteiger partial charge >= 0.3 is 6.03 Å². The zero-order chi connectivity index (χ0) is 14.2. The smallest absolute Gasteiger partial charge is 0.314 e. The Bertz CT molecular complexity index is 413. The summed E-state index contributed by atoms with van der Waals surface area (Å²) in [4.78, 5) is 15.8. The summed E-state index contributed by atoms with van der Waals surface area (Å²) in [5, 5.41) is 5.71. The number of hydrogen-bond acceptors (Lipinski definition) is 3. The van der Waals surface area contributed by atoms with E-state index in [1.54, 1.807) is 6.20 Å². The van der Waals surface area contributed by atoms with Crippen molar-refractivity contribution in [2.24, 2.45) is 7.05 Å². The molecule has 2 amide bonds. The van der Waals surface area contributed by atoms with Crippen LogP contribution >= 0.6 is 0 Å². The maximum Gasteiger partial charge on any atom is 0.314 e. The standard InChI is InChI=1S/C14H24N4O2/c1-18-10-9-15-13(18)6-8-17-14(19)16-7-5-12-4-2-3-11-20-12/h9-10,12H,2-8,11H2,1H3,(H2,16,17,19)/t12-/m0/s1. The van der Waals surface area contributed by atoms with Crippen molar-refractivity contribution in [3.63, 3.8) is 0 Å². The van der Waals surface area contributed by atoms with Gasteiger partial charge in [0, 0.05) is 45.6 Å². The lowest BCUT2D eigenvalue weighted by Gasteiger charge is -2.22. The number of urea groups is 1. The summed E-state index contributed by atoms with van der Waals surface area (Å²) in [5.74, 6) is 0.973. The maximum absolute atomic E-state index is 11.6. The largest absolute Gasteiger partial charge is 0.378 e. The van der Waals surface area contributed by atoms with Crippen LogP contribution in [0.2, 0.25) is 0 Å². The average Bonchev–Trinajstić information content (AvgIpc) is 2.86. The molecule has 112 valence electrons. The molecule has 0 aromatic carbocycles. The Kier molecular flexibility index (Phi) is 5.86. The average molecular weight is 280 g/mol. The van der Waals surface area contributed by atoms with Crippen LogP contribution in [0.3, 0.4) is 0 Å². The molecular formula is C14H24N4O2. The van der Waals surface area contributed by atoms with E-state index in [0.717, 1.165) is 38.1 Å². The monoisotopic (exact) mass is 280 g/mol. The van der Waals surface area contributed by atoms with E-state index in [9.17, 15) is 4.79 Å². The quantitative estimate of drug-likeness (QED) is 0.823. The molecular weight excluding hydrogens is 256 g/mol. The molecule has 20 heavy (non-hydrogen) atoms. The van der Waals surface area contributed by atoms with Gasteiger partial charge in [-0.05, 0) is 25.7 Å². The molecule has 1 fully saturated rings. The van der Waals surface area contributed by atoms with Crippen LogP contribution in [-0.4, -0.2) is 41.4 Å². The second-order valence-electron chi connectivity index (χ2n) is 5.16. The molecule has 0 bridgehead atoms. The van der Waals surface area contributed by atoms with Gasteiger partial charge < -0.3 is 19.9 Å². The van der Waals surface area contributed by atoms with Gasteiger partial charge in [-0.25, -0.2) is 9.78 Å². The van der Waals surface area contributed by atoms with Gasteiger partial charge in [0.15, 0.2) is 0 Å². The predicted octanol–water partition coefficient (Wildman–Crippen LogP) is 1.22. The molecule has 1 aliphatic rings. The molecule has 0 saturated carbocycles. The van der Waals surface area contributed by atoms with Crippen molar-refractivity contribution < 1.29 is 9.53 Å². The number of amides is 2. The Hall–Kier alpha value is -1.56. The molecule has 1 aromatic rings. The highest BCUT2D eigenvalue weighted by Gasteiger charge is 2.13. The molecule has 2 rings (SSSR count). The summed E-state index contributed by atoms with van der Waals surface area (Å²) >= 11 is 0. The first-order valence-corrected chi connectivity index (χ1v) is 7.35. The van der Waals surface area contributed by atoms with Gasteiger partial charge in [-0.3, -0.25) is 0 Å². The van der Waals surface area contributed by atoms with Crippen molar-refractivity contribution in [3.8, 4) is 0 Å². The number of carbonyl (C=O) groups excluding carboxylic acids is 1. The summed E-state index contributed by atoms with van der Waals surface area (Å²) in [6.45, 7) is 2.12. The summed E-state index contributed by atoms with van der Waals surface area (Å²) in [7, 11) is 1.95. The number of aryl methyl sites for hydroxylation is 1. The molecule has 6 nitrogen and oxygen atoms in total. The third kappa shape index (κ3) is 4.85. The number of nitrogens with one attached hydrogen (secondary N) is 2. The third-order valence-electron chi connectivity index (χ3n) is 3.58. The van der Waals surface area contributed by atoms with Crippen LogP contribution in [0.4, 0.5) is 4.79 Å². The summed E-state index contributed by atoms with van der Waals surface area (Å²) in [6.07, 6.45) is 9.13. The zero-order valence-electron chi connectivity index (χ0n) is 12.1. The van der Waals surface area contributed by atoms with Crippen molar-refractivity contribution >= 4 is 6.03 Å². The zero-order valence-corrected chi connectivity index (χ0v) is 12.1. The molecule has 2 heterocycles. The van der Waals surface area contributed by atoms with E-state index < -0.39 is 0 Å². The first-order chi connectivity index (χ1) is 9.75. The van der Waals surface area contributed by atoms with E-state index in [4.69, 9.17) is 4.74 Å². The van der Waals surface area contributed by atoms with Crippen molar-refractivity contribution in [3.05, 3.63) is 18.2 Å². The van der Waals surface area contributed by atoms with Gasteiger partial charge in [0.1, 0.15) is 5.82 Å². The molecule has 1 aliphatic heterocycles. The minimum absolute atomic E-state index is 0.116. The molecule has 2 N–H and O–H groups in total. The van der Waals surface area contributed by atoms with E-state index in [0.29, 0.717) is 19.2 Å². The van der Waals surface area contributed by atoms with Crippen LogP contribution in [0, 0.1) is 0 Å². The molecule has 0 radical (unpaired) electrons. The summed E-state index contributed by atoms with van der Waals surface area (Å²) in [6, 6.07) is -0.116. The minimum Gasteiger partial charge on any atom is -0.378 e. The second kappa shape index (κ2) is 7.89. The normalized spacial score (nSPS) is 18.8. The van der Waals surface area contributed by atoms with Gasteiger partial charge in [-0.1, -0.05) is 0 Å². The topological polar surface area (TPSA) is 68.2 Å². The van der Waals surface area contributed by atoms with Crippen molar-refractivity contribution in [1.82, 2.24) is 20.2 Å². The number of hydrogen-bond donors (Lipinski definition) is 2. The lowest BCUT2D eigenvalue weighted by molar-refractivity contribution is 0.0120. The number of ether oxygens (including phenoxy) is 1. The second-order valence-corrected chi connectivity index (χ2v) is 5.16. The van der Waals surface area contributed by atoms with Crippen LogP contribution in [0.15, 0.2) is 12.4 Å². The lowest BCUT2D eigenvalue weighted by Crippen LogP contribution is -2.38. The maximum atomic E-state index is 11.6. The van der Waals surface area contributed by atoms with E-state index >= 15 is 0 Å². The number of imidazole rings is 1. The highest BCUT2D eigenvalue weighted by atomic mass is 16.5. The van der Waals surface area contributed by atoms with Crippen molar-refractivity contribution in [2.45, 2.75) is 38.2 Å². The number of rotatable bonds is 6. The van der Waals surface area contributed by atoms with Crippen LogP contribution in [0.1, 0.15) is 31.5 Å². The number of carbonyl (C=O) groups is 1. The Morgan fingerprint density at radius 3 is 3.00 bits per heavy atom. The first kappa shape index (κ1) is 14.8. The molecule has 1 atom stereocenters. The Labute approximate surface area is 119 Å². The summed E-state index contributed by atoms with van der Waals surface area (Å²) in [5.41, 5.74) is 0. The molecule has 0 spiro atoms. The van der Waals surface area contributed by atoms with Crippen LogP contribution < -0.4 is 10.6 Å². The first-order valence-electron chi connectivity index (χ1n) is 7.35. The SMILES string of the molecule is Cn1ccnc1CCNC(=O)NCC[C@@H]1CCCCO1. The van der Waals surface area contributed by atoms with Crippen LogP contribution in [0.25, 0.3) is 0 Å². The van der Waals surface area contributed by atoms with Gasteiger partial charge in [-0.2, -0.15) is 0 Å². The van der Waals surface area contributed by atoms with Gasteiger partial charge in [0.05, 0.1) is 6.10 Å². The predicted molar refractivity (Wildman–Crippen MR) is 76.5 cm³/mol. The lowest BCUT2D eigenvalue weighted by atomic mass is 10.1. The fourth-order valence-corrected chi connectivity index (χ4v) is 2.37. The Morgan fingerprint density at radius 2 is 2.30 bits per heavy atom. The third-order valence-corrected chi connectivity index (χ3v) is 3.58. The van der Waals surface area contributed by atoms with E-state index in [1.165, 1.54) is 6.42 Å². The molecule has 1 aromatic heterocycles. The molecule has 6 heteroatoms. The minimum atomic E-state index is -0.116. The fraction of sp³-hybridized carbons (Fsp3) is 0.714. The molecule has 0 unspecified atom stereocenters. The number of aromatic nitrogens is 2. The fourth-order valence-electron chi connectivity index (χ4n) is 2.37. The number of nitrogens with zero attached hydrogens (tertiary/aromatic N) is 2. The van der Waals surface area contributed by atoms with Crippen molar-refractivity contribution in [1.29, 1.82) is 0 Å². The molecule has 1 saturated heterocycles. The van der Waals surface area contributed by atoms with E-state index in [1.807, 2.05) is 17.8 Å². The van der Waals surface area contributed by atoms with Crippen LogP contribution in [0.5, 0.6) is 0 Å². The summed E-state index contributed by atoms with van der Waals surface area (Å²) < 4.78 is 7.58. The Morgan fingerprint density at radius 1 is 1.45 bits per heavy atom. The van der Waals surface area contributed by atoms with Crippen LogP contribution in [-0.2, 0) is 18.2 Å². The van der Waals surface area contributed by atoms with Gasteiger partial charge in [0.2, 0.25) is 0 Å². The molecule has 0 aliphatic carbocycles. The van der Waals surface area contributed by atoms with E-state index in [-0.39, 0.29) is 6.03 Å². The van der Waals surface area contributed by atoms with E-state index in [2.05, 4.69) is 15.6 Å².